The molecule has 2 heterocycles. The molecule has 1 aromatic heterocycles. The van der Waals surface area contributed by atoms with Gasteiger partial charge in [0.15, 0.2) is 10.9 Å². The number of aliphatic imine (C=N–C) groups is 1. The monoisotopic (exact) mass is 478 g/mol. The number of nitrogens with one attached hydrogen (secondary N) is 1. The molecular weight excluding hydrogens is 451 g/mol. The zero-order chi connectivity index (χ0) is 23.8. The molecule has 176 valence electrons. The average molecular weight is 479 g/mol. The van der Waals surface area contributed by atoms with Gasteiger partial charge in [-0.1, -0.05) is 35.9 Å². The summed E-state index contributed by atoms with van der Waals surface area (Å²) < 4.78 is 28.7. The number of aryl methyl sites for hydroxylation is 3. The number of halogens is 1. The fourth-order valence-corrected chi connectivity index (χ4v) is 5.44. The first kappa shape index (κ1) is 22.8. The van der Waals surface area contributed by atoms with E-state index in [9.17, 15) is 4.21 Å². The first-order chi connectivity index (χ1) is 16.4. The van der Waals surface area contributed by atoms with Crippen LogP contribution in [0.3, 0.4) is 0 Å². The van der Waals surface area contributed by atoms with Gasteiger partial charge < -0.3 is 0 Å². The fourth-order valence-electron chi connectivity index (χ4n) is 4.28. The largest absolute Gasteiger partial charge is 0.272 e. The highest BCUT2D eigenvalue weighted by Gasteiger charge is 2.30. The van der Waals surface area contributed by atoms with Crippen molar-refractivity contribution in [3.8, 4) is 0 Å². The van der Waals surface area contributed by atoms with Crippen LogP contribution in [-0.2, 0) is 22.1 Å². The van der Waals surface area contributed by atoms with Crippen molar-refractivity contribution in [1.29, 1.82) is 0 Å². The Balaban J connectivity index is 1.49. The van der Waals surface area contributed by atoms with E-state index in [4.69, 9.17) is 9.83 Å². The van der Waals surface area contributed by atoms with Crippen LogP contribution in [0.4, 0.5) is 4.39 Å². The molecule has 3 aromatic rings. The minimum absolute atomic E-state index is 0.118. The maximum absolute atomic E-state index is 15.2. The molecule has 5 rings (SSSR count). The summed E-state index contributed by atoms with van der Waals surface area (Å²) in [6, 6.07) is 13.1. The van der Waals surface area contributed by atoms with Crippen LogP contribution in [0.2, 0.25) is 0 Å². The summed E-state index contributed by atoms with van der Waals surface area (Å²) in [4.78, 5) is 10.6. The van der Waals surface area contributed by atoms with Gasteiger partial charge in [0.1, 0.15) is 16.6 Å². The summed E-state index contributed by atoms with van der Waals surface area (Å²) in [6.07, 6.45) is 2.64. The number of rotatable bonds is 6. The van der Waals surface area contributed by atoms with Crippen LogP contribution in [0.15, 0.2) is 57.4 Å². The second kappa shape index (κ2) is 9.35. The van der Waals surface area contributed by atoms with E-state index in [-0.39, 0.29) is 21.9 Å². The summed E-state index contributed by atoms with van der Waals surface area (Å²) in [6.45, 7) is 6.38. The Bertz CT molecular complexity index is 1310. The molecule has 1 aliphatic heterocycles. The quantitative estimate of drug-likeness (QED) is 0.565. The molecule has 1 saturated carbocycles. The number of hydroxylamine groups is 1. The molecule has 0 radical (unpaired) electrons. The lowest BCUT2D eigenvalue weighted by Gasteiger charge is -2.23. The molecule has 0 bridgehead atoms. The molecule has 6 nitrogen and oxygen atoms in total. The van der Waals surface area contributed by atoms with Crippen LogP contribution in [0.25, 0.3) is 0 Å². The molecule has 1 aliphatic carbocycles. The summed E-state index contributed by atoms with van der Waals surface area (Å²) in [5.74, 6) is 0.226. The van der Waals surface area contributed by atoms with Gasteiger partial charge in [0.05, 0.1) is 28.8 Å². The Morgan fingerprint density at radius 1 is 1.12 bits per heavy atom. The van der Waals surface area contributed by atoms with Gasteiger partial charge in [0.25, 0.3) is 0 Å². The standard InChI is InChI=1S/C26H27FN4O2S/c1-15-7-8-19(16(2)11-15)13-20-14-33-31-25(28-20)22-12-17(3)29-30-26(22)34(32)23-6-4-5-21(24(23)27)18-9-10-18/h4-8,11-12,18,20H,9-10,13-14H2,1-3H3,(H,28,31). The predicted molar refractivity (Wildman–Crippen MR) is 129 cm³/mol. The smallest absolute Gasteiger partial charge is 0.165 e. The SMILES string of the molecule is Cc1ccc(CC2CONC(c3cc(C)nnc3S(=O)c3cccc(C4CC4)c3F)=N2)c(C)c1. The second-order valence-corrected chi connectivity index (χ2v) is 10.4. The minimum Gasteiger partial charge on any atom is -0.272 e. The van der Waals surface area contributed by atoms with Crippen molar-refractivity contribution < 1.29 is 13.4 Å². The Morgan fingerprint density at radius 2 is 1.94 bits per heavy atom. The zero-order valence-corrected chi connectivity index (χ0v) is 20.3. The van der Waals surface area contributed by atoms with Crippen LogP contribution in [-0.4, -0.2) is 32.9 Å². The molecule has 2 unspecified atom stereocenters. The minimum atomic E-state index is -1.86. The normalized spacial score (nSPS) is 18.8. The summed E-state index contributed by atoms with van der Waals surface area (Å²) >= 11 is 0. The number of aromatic nitrogens is 2. The number of hydrogen-bond donors (Lipinski definition) is 1. The Hall–Kier alpha value is -2.97. The Morgan fingerprint density at radius 3 is 2.71 bits per heavy atom. The highest BCUT2D eigenvalue weighted by atomic mass is 32.2. The molecule has 2 atom stereocenters. The number of amidine groups is 1. The third-order valence-corrected chi connectivity index (χ3v) is 7.60. The van der Waals surface area contributed by atoms with Crippen molar-refractivity contribution in [3.05, 3.63) is 81.8 Å². The highest BCUT2D eigenvalue weighted by Crippen LogP contribution is 2.42. The molecule has 0 amide bonds. The molecule has 8 heteroatoms. The molecule has 1 fully saturated rings. The van der Waals surface area contributed by atoms with Gasteiger partial charge in [0, 0.05) is 0 Å². The molecule has 0 saturated heterocycles. The van der Waals surface area contributed by atoms with Crippen LogP contribution >= 0.6 is 0 Å². The topological polar surface area (TPSA) is 76.5 Å². The van der Waals surface area contributed by atoms with Crippen LogP contribution in [0.5, 0.6) is 0 Å². The number of nitrogens with zero attached hydrogens (tertiary/aromatic N) is 3. The summed E-state index contributed by atoms with van der Waals surface area (Å²) in [5.41, 5.74) is 8.26. The van der Waals surface area contributed by atoms with E-state index < -0.39 is 16.6 Å². The number of hydrogen-bond acceptors (Lipinski definition) is 6. The Labute approximate surface area is 201 Å². The molecule has 1 N–H and O–H groups in total. The third kappa shape index (κ3) is 4.65. The third-order valence-electron chi connectivity index (χ3n) is 6.23. The first-order valence-corrected chi connectivity index (χ1v) is 12.6. The van der Waals surface area contributed by atoms with Gasteiger partial charge in [0.2, 0.25) is 0 Å². The van der Waals surface area contributed by atoms with Crippen LogP contribution in [0, 0.1) is 26.6 Å². The average Bonchev–Trinajstić information content (AvgIpc) is 3.66. The van der Waals surface area contributed by atoms with Crippen LogP contribution in [0.1, 0.15) is 52.3 Å². The van der Waals surface area contributed by atoms with Crippen molar-refractivity contribution in [3.63, 3.8) is 0 Å². The van der Waals surface area contributed by atoms with Gasteiger partial charge >= 0.3 is 0 Å². The number of benzene rings is 2. The maximum Gasteiger partial charge on any atom is 0.165 e. The van der Waals surface area contributed by atoms with Crippen molar-refractivity contribution in [1.82, 2.24) is 15.7 Å². The lowest BCUT2D eigenvalue weighted by Crippen LogP contribution is -2.37. The maximum atomic E-state index is 15.2. The summed E-state index contributed by atoms with van der Waals surface area (Å²) in [5, 5.41) is 8.47. The van der Waals surface area contributed by atoms with Crippen molar-refractivity contribution in [2.75, 3.05) is 6.61 Å². The van der Waals surface area contributed by atoms with Gasteiger partial charge in [-0.15, -0.1) is 5.10 Å². The lowest BCUT2D eigenvalue weighted by atomic mass is 9.99. The molecule has 34 heavy (non-hydrogen) atoms. The van der Waals surface area contributed by atoms with Crippen LogP contribution < -0.4 is 5.48 Å². The first-order valence-electron chi connectivity index (χ1n) is 11.5. The fraction of sp³-hybridized carbons (Fsp3) is 0.346. The van der Waals surface area contributed by atoms with Gasteiger partial charge in [-0.05, 0) is 74.8 Å². The van der Waals surface area contributed by atoms with Gasteiger partial charge in [-0.2, -0.15) is 5.10 Å². The van der Waals surface area contributed by atoms with Gasteiger partial charge in [-0.25, -0.2) is 14.1 Å². The van der Waals surface area contributed by atoms with E-state index in [0.29, 0.717) is 35.7 Å². The van der Waals surface area contributed by atoms with Crippen molar-refractivity contribution in [2.45, 2.75) is 61.9 Å². The van der Waals surface area contributed by atoms with E-state index in [1.54, 1.807) is 31.2 Å². The van der Waals surface area contributed by atoms with Crippen molar-refractivity contribution in [2.24, 2.45) is 4.99 Å². The molecule has 0 spiro atoms. The molecular formula is C26H27FN4O2S. The van der Waals surface area contributed by atoms with E-state index >= 15 is 4.39 Å². The molecule has 2 aliphatic rings. The molecule has 2 aromatic carbocycles. The Kier molecular flexibility index (Phi) is 6.27. The summed E-state index contributed by atoms with van der Waals surface area (Å²) in [7, 11) is -1.86. The lowest BCUT2D eigenvalue weighted by molar-refractivity contribution is 0.0622. The van der Waals surface area contributed by atoms with E-state index in [2.05, 4.69) is 47.7 Å². The van der Waals surface area contributed by atoms with Crippen molar-refractivity contribution >= 4 is 16.6 Å². The highest BCUT2D eigenvalue weighted by molar-refractivity contribution is 7.85. The van der Waals surface area contributed by atoms with E-state index in [1.807, 2.05) is 0 Å². The van der Waals surface area contributed by atoms with E-state index in [0.717, 1.165) is 12.8 Å². The predicted octanol–water partition coefficient (Wildman–Crippen LogP) is 4.48. The second-order valence-electron chi connectivity index (χ2n) is 9.09. The van der Waals surface area contributed by atoms with E-state index in [1.165, 1.54) is 16.7 Å². The zero-order valence-electron chi connectivity index (χ0n) is 19.5. The van der Waals surface area contributed by atoms with Gasteiger partial charge in [-0.3, -0.25) is 9.83 Å².